The zero-order valence-electron chi connectivity index (χ0n) is 11.6. The minimum Gasteiger partial charge on any atom is -0.488 e. The highest BCUT2D eigenvalue weighted by molar-refractivity contribution is 9.10. The minimum atomic E-state index is 0.526. The Bertz CT molecular complexity index is 628. The van der Waals surface area contributed by atoms with Crippen molar-refractivity contribution >= 4 is 27.5 Å². The Hall–Kier alpha value is -1.03. The first-order chi connectivity index (χ1) is 10.2. The summed E-state index contributed by atoms with van der Waals surface area (Å²) in [6.45, 7) is 1.29. The Morgan fingerprint density at radius 2 is 1.95 bits per heavy atom. The standard InChI is InChI=1S/C17H17BrClNO/c18-15-5-2-1-4-12(15)11-21-17-7-3-6-16(19)14(17)10-20-13-8-9-13/h1-7,13,20H,8-11H2. The van der Waals surface area contributed by atoms with Gasteiger partial charge >= 0.3 is 0 Å². The van der Waals surface area contributed by atoms with Gasteiger partial charge in [0.25, 0.3) is 0 Å². The molecular weight excluding hydrogens is 350 g/mol. The quantitative estimate of drug-likeness (QED) is 0.782. The number of nitrogens with one attached hydrogen (secondary N) is 1. The molecule has 2 aromatic rings. The summed E-state index contributed by atoms with van der Waals surface area (Å²) >= 11 is 9.86. The SMILES string of the molecule is Clc1cccc(OCc2ccccc2Br)c1CNC1CC1. The first-order valence-electron chi connectivity index (χ1n) is 7.11. The molecule has 1 aliphatic carbocycles. The molecule has 0 bridgehead atoms. The average molecular weight is 367 g/mol. The molecule has 0 heterocycles. The molecule has 110 valence electrons. The molecule has 0 amide bonds. The van der Waals surface area contributed by atoms with E-state index in [-0.39, 0.29) is 0 Å². The van der Waals surface area contributed by atoms with Crippen molar-refractivity contribution in [1.82, 2.24) is 5.32 Å². The average Bonchev–Trinajstić information content (AvgIpc) is 3.30. The summed E-state index contributed by atoms with van der Waals surface area (Å²) in [6, 6.07) is 14.6. The van der Waals surface area contributed by atoms with Crippen molar-refractivity contribution in [3.63, 3.8) is 0 Å². The number of benzene rings is 2. The van der Waals surface area contributed by atoms with E-state index >= 15 is 0 Å². The van der Waals surface area contributed by atoms with Gasteiger partial charge in [-0.3, -0.25) is 0 Å². The first kappa shape index (κ1) is 14.9. The second-order valence-electron chi connectivity index (χ2n) is 5.25. The van der Waals surface area contributed by atoms with Gasteiger partial charge in [0, 0.05) is 33.2 Å². The van der Waals surface area contributed by atoms with Gasteiger partial charge < -0.3 is 10.1 Å². The molecule has 1 fully saturated rings. The van der Waals surface area contributed by atoms with Crippen molar-refractivity contribution in [2.75, 3.05) is 0 Å². The van der Waals surface area contributed by atoms with E-state index in [1.165, 1.54) is 12.8 Å². The van der Waals surface area contributed by atoms with Crippen molar-refractivity contribution in [3.8, 4) is 5.75 Å². The van der Waals surface area contributed by atoms with E-state index in [1.807, 2.05) is 36.4 Å². The maximum Gasteiger partial charge on any atom is 0.125 e. The van der Waals surface area contributed by atoms with Gasteiger partial charge in [0.1, 0.15) is 12.4 Å². The third-order valence-electron chi connectivity index (χ3n) is 3.56. The van der Waals surface area contributed by atoms with Crippen LogP contribution >= 0.6 is 27.5 Å². The Morgan fingerprint density at radius 1 is 1.14 bits per heavy atom. The molecule has 0 atom stereocenters. The lowest BCUT2D eigenvalue weighted by molar-refractivity contribution is 0.301. The fraction of sp³-hybridized carbons (Fsp3) is 0.294. The van der Waals surface area contributed by atoms with E-state index in [1.54, 1.807) is 0 Å². The van der Waals surface area contributed by atoms with Crippen LogP contribution in [-0.4, -0.2) is 6.04 Å². The maximum absolute atomic E-state index is 6.32. The molecule has 1 saturated carbocycles. The fourth-order valence-electron chi connectivity index (χ4n) is 2.15. The van der Waals surface area contributed by atoms with Crippen LogP contribution in [-0.2, 0) is 13.2 Å². The number of halogens is 2. The largest absolute Gasteiger partial charge is 0.488 e. The van der Waals surface area contributed by atoms with Gasteiger partial charge in [-0.2, -0.15) is 0 Å². The van der Waals surface area contributed by atoms with Crippen LogP contribution in [0.5, 0.6) is 5.75 Å². The van der Waals surface area contributed by atoms with Gasteiger partial charge in [-0.1, -0.05) is 51.8 Å². The van der Waals surface area contributed by atoms with E-state index in [0.717, 1.165) is 32.9 Å². The maximum atomic E-state index is 6.32. The van der Waals surface area contributed by atoms with E-state index < -0.39 is 0 Å². The Balaban J connectivity index is 1.71. The van der Waals surface area contributed by atoms with Crippen LogP contribution in [0.15, 0.2) is 46.9 Å². The summed E-state index contributed by atoms with van der Waals surface area (Å²) in [7, 11) is 0. The molecule has 0 saturated heterocycles. The highest BCUT2D eigenvalue weighted by Crippen LogP contribution is 2.29. The Labute approximate surface area is 138 Å². The Morgan fingerprint density at radius 3 is 2.71 bits per heavy atom. The lowest BCUT2D eigenvalue weighted by Crippen LogP contribution is -2.16. The normalized spacial score (nSPS) is 14.2. The molecule has 4 heteroatoms. The third-order valence-corrected chi connectivity index (χ3v) is 4.69. The molecule has 0 aromatic heterocycles. The van der Waals surface area contributed by atoms with Gasteiger partial charge in [0.15, 0.2) is 0 Å². The molecule has 0 unspecified atom stereocenters. The fourth-order valence-corrected chi connectivity index (χ4v) is 2.78. The molecule has 0 aliphatic heterocycles. The number of hydrogen-bond donors (Lipinski definition) is 1. The van der Waals surface area contributed by atoms with E-state index in [9.17, 15) is 0 Å². The van der Waals surface area contributed by atoms with Crippen LogP contribution < -0.4 is 10.1 Å². The third kappa shape index (κ3) is 4.00. The molecule has 1 aliphatic rings. The predicted octanol–water partition coefficient (Wildman–Crippen LogP) is 4.93. The van der Waals surface area contributed by atoms with Crippen LogP contribution in [0.25, 0.3) is 0 Å². The smallest absolute Gasteiger partial charge is 0.125 e. The second kappa shape index (κ2) is 6.82. The summed E-state index contributed by atoms with van der Waals surface area (Å²) < 4.78 is 7.04. The zero-order chi connectivity index (χ0) is 14.7. The monoisotopic (exact) mass is 365 g/mol. The zero-order valence-corrected chi connectivity index (χ0v) is 14.0. The summed E-state index contributed by atoms with van der Waals surface area (Å²) in [5.41, 5.74) is 2.16. The molecule has 0 radical (unpaired) electrons. The molecule has 2 aromatic carbocycles. The summed E-state index contributed by atoms with van der Waals surface area (Å²) in [5, 5.41) is 4.25. The van der Waals surface area contributed by atoms with Crippen molar-refractivity contribution < 1.29 is 4.74 Å². The molecule has 3 rings (SSSR count). The molecular formula is C17H17BrClNO. The first-order valence-corrected chi connectivity index (χ1v) is 8.28. The van der Waals surface area contributed by atoms with Crippen LogP contribution in [0.4, 0.5) is 0 Å². The van der Waals surface area contributed by atoms with Crippen LogP contribution in [0.2, 0.25) is 5.02 Å². The highest BCUT2D eigenvalue weighted by Gasteiger charge is 2.21. The van der Waals surface area contributed by atoms with E-state index in [2.05, 4.69) is 27.3 Å². The summed E-state index contributed by atoms with van der Waals surface area (Å²) in [5.74, 6) is 0.853. The van der Waals surface area contributed by atoms with Gasteiger partial charge in [-0.25, -0.2) is 0 Å². The van der Waals surface area contributed by atoms with Crippen LogP contribution in [0.1, 0.15) is 24.0 Å². The van der Waals surface area contributed by atoms with Gasteiger partial charge in [0.2, 0.25) is 0 Å². The lowest BCUT2D eigenvalue weighted by Gasteiger charge is -2.14. The number of ether oxygens (including phenoxy) is 1. The van der Waals surface area contributed by atoms with Gasteiger partial charge in [-0.15, -0.1) is 0 Å². The van der Waals surface area contributed by atoms with Gasteiger partial charge in [-0.05, 0) is 31.0 Å². The van der Waals surface area contributed by atoms with Crippen molar-refractivity contribution in [2.24, 2.45) is 0 Å². The van der Waals surface area contributed by atoms with E-state index in [0.29, 0.717) is 12.6 Å². The minimum absolute atomic E-state index is 0.526. The lowest BCUT2D eigenvalue weighted by atomic mass is 10.2. The van der Waals surface area contributed by atoms with Crippen molar-refractivity contribution in [2.45, 2.75) is 32.0 Å². The van der Waals surface area contributed by atoms with Crippen LogP contribution in [0, 0.1) is 0 Å². The van der Waals surface area contributed by atoms with Crippen molar-refractivity contribution in [1.29, 1.82) is 0 Å². The van der Waals surface area contributed by atoms with Crippen molar-refractivity contribution in [3.05, 3.63) is 63.1 Å². The second-order valence-corrected chi connectivity index (χ2v) is 6.51. The summed E-state index contributed by atoms with van der Waals surface area (Å²) in [6.07, 6.45) is 2.52. The molecule has 0 spiro atoms. The number of hydrogen-bond acceptors (Lipinski definition) is 2. The molecule has 1 N–H and O–H groups in total. The van der Waals surface area contributed by atoms with Crippen LogP contribution in [0.3, 0.4) is 0 Å². The highest BCUT2D eigenvalue weighted by atomic mass is 79.9. The predicted molar refractivity (Wildman–Crippen MR) is 89.8 cm³/mol. The summed E-state index contributed by atoms with van der Waals surface area (Å²) in [4.78, 5) is 0. The molecule has 2 nitrogen and oxygen atoms in total. The molecule has 21 heavy (non-hydrogen) atoms. The van der Waals surface area contributed by atoms with Gasteiger partial charge in [0.05, 0.1) is 0 Å². The Kier molecular flexibility index (Phi) is 4.84. The topological polar surface area (TPSA) is 21.3 Å². The number of rotatable bonds is 6. The van der Waals surface area contributed by atoms with E-state index in [4.69, 9.17) is 16.3 Å².